The zero-order chi connectivity index (χ0) is 19.3. The van der Waals surface area contributed by atoms with Crippen LogP contribution >= 0.6 is 0 Å². The van der Waals surface area contributed by atoms with Crippen molar-refractivity contribution < 1.29 is 19.1 Å². The van der Waals surface area contributed by atoms with Crippen molar-refractivity contribution in [2.75, 3.05) is 13.2 Å². The molecule has 0 atom stereocenters. The molecule has 0 spiro atoms. The molecule has 0 aliphatic rings. The molecule has 0 fully saturated rings. The molecule has 0 bridgehead atoms. The van der Waals surface area contributed by atoms with Crippen LogP contribution < -0.4 is 0 Å². The van der Waals surface area contributed by atoms with Crippen LogP contribution in [0.4, 0.5) is 0 Å². The predicted molar refractivity (Wildman–Crippen MR) is 102 cm³/mol. The van der Waals surface area contributed by atoms with Crippen LogP contribution in [-0.4, -0.2) is 25.2 Å². The summed E-state index contributed by atoms with van der Waals surface area (Å²) >= 11 is 0. The number of ether oxygens (including phenoxy) is 2. The maximum absolute atomic E-state index is 12.9. The molecule has 0 heterocycles. The van der Waals surface area contributed by atoms with E-state index in [9.17, 15) is 9.59 Å². The Morgan fingerprint density at radius 1 is 0.760 bits per heavy atom. The van der Waals surface area contributed by atoms with E-state index in [1.54, 1.807) is 0 Å². The van der Waals surface area contributed by atoms with Gasteiger partial charge in [-0.25, -0.2) is 0 Å². The fraction of sp³-hybridized carbons (Fsp3) is 0.905. The number of unbranched alkanes of at least 4 members (excludes halogenated alkanes) is 2. The first-order valence-electron chi connectivity index (χ1n) is 10.1. The zero-order valence-electron chi connectivity index (χ0n) is 17.4. The maximum Gasteiger partial charge on any atom is 0.323 e. The second-order valence-corrected chi connectivity index (χ2v) is 7.93. The van der Waals surface area contributed by atoms with Gasteiger partial charge >= 0.3 is 11.9 Å². The summed E-state index contributed by atoms with van der Waals surface area (Å²) in [6, 6.07) is 0. The largest absolute Gasteiger partial charge is 0.465 e. The van der Waals surface area contributed by atoms with Gasteiger partial charge in [-0.1, -0.05) is 54.4 Å². The van der Waals surface area contributed by atoms with Crippen LogP contribution in [-0.2, 0) is 19.1 Å². The lowest BCUT2D eigenvalue weighted by Gasteiger charge is -2.30. The lowest BCUT2D eigenvalue weighted by molar-refractivity contribution is -0.174. The number of hydrogen-bond acceptors (Lipinski definition) is 4. The fourth-order valence-electron chi connectivity index (χ4n) is 2.58. The van der Waals surface area contributed by atoms with Gasteiger partial charge in [0.15, 0.2) is 5.41 Å². The van der Waals surface area contributed by atoms with E-state index in [1.807, 2.05) is 0 Å². The Balaban J connectivity index is 5.35. The average Bonchev–Trinajstić information content (AvgIpc) is 2.55. The van der Waals surface area contributed by atoms with Gasteiger partial charge in [-0.2, -0.15) is 0 Å². The van der Waals surface area contributed by atoms with Crippen molar-refractivity contribution in [3.05, 3.63) is 0 Å². The Hall–Kier alpha value is -1.06. The minimum absolute atomic E-state index is 0.378. The van der Waals surface area contributed by atoms with Crippen LogP contribution in [0.1, 0.15) is 92.9 Å². The summed E-state index contributed by atoms with van der Waals surface area (Å²) in [6.45, 7) is 13.3. The number of esters is 2. The Labute approximate surface area is 155 Å². The van der Waals surface area contributed by atoms with Crippen molar-refractivity contribution in [2.24, 2.45) is 17.3 Å². The topological polar surface area (TPSA) is 52.6 Å². The van der Waals surface area contributed by atoms with Crippen LogP contribution in [0.3, 0.4) is 0 Å². The molecule has 0 aliphatic carbocycles. The molecule has 0 N–H and O–H groups in total. The molecule has 0 amide bonds. The normalized spacial score (nSPS) is 11.8. The molecule has 0 aromatic carbocycles. The molecule has 0 aliphatic heterocycles. The number of hydrogen-bond donors (Lipinski definition) is 0. The van der Waals surface area contributed by atoms with Crippen molar-refractivity contribution in [3.63, 3.8) is 0 Å². The third-order valence-electron chi connectivity index (χ3n) is 4.54. The second kappa shape index (κ2) is 13.2. The van der Waals surface area contributed by atoms with Crippen molar-refractivity contribution >= 4 is 11.9 Å². The molecule has 4 nitrogen and oxygen atoms in total. The minimum atomic E-state index is -1.14. The molecule has 148 valence electrons. The number of rotatable bonds is 14. The maximum atomic E-state index is 12.9. The summed E-state index contributed by atoms with van der Waals surface area (Å²) in [7, 11) is 0. The van der Waals surface area contributed by atoms with Gasteiger partial charge in [0.1, 0.15) is 0 Å². The first kappa shape index (κ1) is 23.9. The summed E-state index contributed by atoms with van der Waals surface area (Å²) in [5, 5.41) is 0. The fourth-order valence-corrected chi connectivity index (χ4v) is 2.58. The standard InChI is InChI=1S/C21H40O4/c1-7-9-15-24-19(22)21(13-11-17(3)4,14-12-18(5)6)20(23)25-16-10-8-2/h17-18H,7-16H2,1-6H3. The first-order valence-corrected chi connectivity index (χ1v) is 10.1. The Morgan fingerprint density at radius 2 is 1.12 bits per heavy atom. The van der Waals surface area contributed by atoms with E-state index in [4.69, 9.17) is 9.47 Å². The Morgan fingerprint density at radius 3 is 1.40 bits per heavy atom. The predicted octanol–water partition coefficient (Wildman–Crippen LogP) is 5.53. The molecule has 0 radical (unpaired) electrons. The number of carbonyl (C=O) groups is 2. The molecule has 4 heteroatoms. The Bertz CT molecular complexity index is 338. The first-order chi connectivity index (χ1) is 11.8. The van der Waals surface area contributed by atoms with Crippen LogP contribution in [0.15, 0.2) is 0 Å². The van der Waals surface area contributed by atoms with Gasteiger partial charge in [0, 0.05) is 0 Å². The van der Waals surface area contributed by atoms with E-state index < -0.39 is 5.41 Å². The monoisotopic (exact) mass is 356 g/mol. The lowest BCUT2D eigenvalue weighted by atomic mass is 9.76. The minimum Gasteiger partial charge on any atom is -0.465 e. The quantitative estimate of drug-likeness (QED) is 0.233. The van der Waals surface area contributed by atoms with Gasteiger partial charge in [-0.05, 0) is 50.4 Å². The van der Waals surface area contributed by atoms with Gasteiger partial charge in [0.2, 0.25) is 0 Å². The highest BCUT2D eigenvalue weighted by atomic mass is 16.6. The molecule has 0 rings (SSSR count). The third kappa shape index (κ3) is 9.27. The third-order valence-corrected chi connectivity index (χ3v) is 4.54. The van der Waals surface area contributed by atoms with Gasteiger partial charge in [0.05, 0.1) is 13.2 Å². The lowest BCUT2D eigenvalue weighted by Crippen LogP contribution is -2.43. The van der Waals surface area contributed by atoms with Crippen molar-refractivity contribution in [1.82, 2.24) is 0 Å². The second-order valence-electron chi connectivity index (χ2n) is 7.93. The van der Waals surface area contributed by atoms with E-state index >= 15 is 0 Å². The van der Waals surface area contributed by atoms with Crippen molar-refractivity contribution in [3.8, 4) is 0 Å². The molecule has 0 unspecified atom stereocenters. The molecule has 0 saturated carbocycles. The highest BCUT2D eigenvalue weighted by molar-refractivity contribution is 6.00. The van der Waals surface area contributed by atoms with Gasteiger partial charge in [-0.15, -0.1) is 0 Å². The highest BCUT2D eigenvalue weighted by Crippen LogP contribution is 2.36. The van der Waals surface area contributed by atoms with Gasteiger partial charge < -0.3 is 9.47 Å². The molecule has 0 saturated heterocycles. The van der Waals surface area contributed by atoms with Crippen molar-refractivity contribution in [2.45, 2.75) is 92.9 Å². The van der Waals surface area contributed by atoms with E-state index in [0.29, 0.717) is 37.9 Å². The van der Waals surface area contributed by atoms with E-state index in [-0.39, 0.29) is 11.9 Å². The highest BCUT2D eigenvalue weighted by Gasteiger charge is 2.48. The van der Waals surface area contributed by atoms with Gasteiger partial charge in [-0.3, -0.25) is 9.59 Å². The van der Waals surface area contributed by atoms with Crippen LogP contribution in [0, 0.1) is 17.3 Å². The summed E-state index contributed by atoms with van der Waals surface area (Å²) < 4.78 is 11.0. The zero-order valence-corrected chi connectivity index (χ0v) is 17.4. The summed E-state index contributed by atoms with van der Waals surface area (Å²) in [5.41, 5.74) is -1.14. The summed E-state index contributed by atoms with van der Waals surface area (Å²) in [4.78, 5) is 25.8. The SMILES string of the molecule is CCCCOC(=O)C(CCC(C)C)(CCC(C)C)C(=O)OCCCC. The van der Waals surface area contributed by atoms with E-state index in [2.05, 4.69) is 41.5 Å². The molecule has 0 aromatic heterocycles. The molecule has 0 aromatic rings. The molecule has 25 heavy (non-hydrogen) atoms. The molecular weight excluding hydrogens is 316 g/mol. The van der Waals surface area contributed by atoms with E-state index in [0.717, 1.165) is 38.5 Å². The Kier molecular flexibility index (Phi) is 12.6. The molecular formula is C21H40O4. The van der Waals surface area contributed by atoms with Crippen LogP contribution in [0.2, 0.25) is 0 Å². The average molecular weight is 357 g/mol. The summed E-state index contributed by atoms with van der Waals surface area (Å²) in [6.07, 6.45) is 6.19. The van der Waals surface area contributed by atoms with Crippen LogP contribution in [0.5, 0.6) is 0 Å². The van der Waals surface area contributed by atoms with E-state index in [1.165, 1.54) is 0 Å². The number of carbonyl (C=O) groups excluding carboxylic acids is 2. The smallest absolute Gasteiger partial charge is 0.323 e. The van der Waals surface area contributed by atoms with Gasteiger partial charge in [0.25, 0.3) is 0 Å². The summed E-state index contributed by atoms with van der Waals surface area (Å²) in [5.74, 6) is 0.0723. The van der Waals surface area contributed by atoms with Crippen LogP contribution in [0.25, 0.3) is 0 Å². The van der Waals surface area contributed by atoms with Crippen molar-refractivity contribution in [1.29, 1.82) is 0 Å².